The molecule has 27 heavy (non-hydrogen) atoms. The number of nitrogens with zero attached hydrogens (tertiary/aromatic N) is 3. The van der Waals surface area contributed by atoms with Gasteiger partial charge in [0.15, 0.2) is 5.13 Å². The molecule has 1 aromatic heterocycles. The predicted octanol–water partition coefficient (Wildman–Crippen LogP) is 3.58. The van der Waals surface area contributed by atoms with E-state index >= 15 is 0 Å². The van der Waals surface area contributed by atoms with Crippen LogP contribution in [0.2, 0.25) is 0 Å². The van der Waals surface area contributed by atoms with E-state index in [9.17, 15) is 4.79 Å². The highest BCUT2D eigenvalue weighted by Gasteiger charge is 2.21. The number of ether oxygens (including phenoxy) is 2. The Bertz CT molecular complexity index is 734. The average Bonchev–Trinajstić information content (AvgIpc) is 3.08. The van der Waals surface area contributed by atoms with Crippen LogP contribution in [-0.4, -0.2) is 61.8 Å². The van der Waals surface area contributed by atoms with Gasteiger partial charge in [0.2, 0.25) is 5.91 Å². The van der Waals surface area contributed by atoms with E-state index in [4.69, 9.17) is 14.5 Å². The van der Waals surface area contributed by atoms with Crippen LogP contribution in [0.15, 0.2) is 18.2 Å². The predicted molar refractivity (Wildman–Crippen MR) is 113 cm³/mol. The van der Waals surface area contributed by atoms with E-state index in [1.165, 1.54) is 0 Å². The number of hydrogen-bond donors (Lipinski definition) is 0. The zero-order valence-electron chi connectivity index (χ0n) is 16.0. The molecule has 2 aromatic rings. The van der Waals surface area contributed by atoms with E-state index in [1.54, 1.807) is 11.3 Å². The van der Waals surface area contributed by atoms with E-state index in [0.29, 0.717) is 19.6 Å². The van der Waals surface area contributed by atoms with Crippen LogP contribution >= 0.6 is 23.7 Å². The molecule has 0 radical (unpaired) electrons. The number of benzene rings is 1. The van der Waals surface area contributed by atoms with Crippen molar-refractivity contribution in [2.24, 2.45) is 0 Å². The summed E-state index contributed by atoms with van der Waals surface area (Å²) >= 11 is 1.56. The van der Waals surface area contributed by atoms with Crippen LogP contribution < -0.4 is 9.64 Å². The average molecular weight is 414 g/mol. The Labute approximate surface area is 170 Å². The smallest absolute Gasteiger partial charge is 0.228 e. The summed E-state index contributed by atoms with van der Waals surface area (Å²) in [4.78, 5) is 21.7. The van der Waals surface area contributed by atoms with E-state index in [1.807, 2.05) is 36.9 Å². The molecule has 8 heteroatoms. The maximum absolute atomic E-state index is 12.7. The van der Waals surface area contributed by atoms with E-state index in [0.717, 1.165) is 60.4 Å². The van der Waals surface area contributed by atoms with Crippen molar-refractivity contribution in [2.75, 3.05) is 50.9 Å². The number of anilines is 1. The second kappa shape index (κ2) is 10.8. The molecule has 2 heterocycles. The number of hydrogen-bond acceptors (Lipinski definition) is 6. The SMILES string of the molecule is CCCC(=O)N(CCN1CCOCC1)c1nc2c(OCC)cccc2s1.Cl. The highest BCUT2D eigenvalue weighted by Crippen LogP contribution is 2.34. The second-order valence-corrected chi connectivity index (χ2v) is 7.29. The van der Waals surface area contributed by atoms with Gasteiger partial charge in [0.25, 0.3) is 0 Å². The van der Waals surface area contributed by atoms with E-state index < -0.39 is 0 Å². The number of carbonyl (C=O) groups excluding carboxylic acids is 1. The van der Waals surface area contributed by atoms with Gasteiger partial charge in [-0.25, -0.2) is 4.98 Å². The maximum atomic E-state index is 12.7. The Kier molecular flexibility index (Phi) is 8.76. The molecule has 0 bridgehead atoms. The molecule has 0 unspecified atom stereocenters. The maximum Gasteiger partial charge on any atom is 0.228 e. The van der Waals surface area contributed by atoms with Crippen molar-refractivity contribution in [3.05, 3.63) is 18.2 Å². The zero-order chi connectivity index (χ0) is 18.4. The van der Waals surface area contributed by atoms with Crippen molar-refractivity contribution in [2.45, 2.75) is 26.7 Å². The van der Waals surface area contributed by atoms with Crippen molar-refractivity contribution in [3.8, 4) is 5.75 Å². The van der Waals surface area contributed by atoms with Gasteiger partial charge in [-0.3, -0.25) is 14.6 Å². The number of morpholine rings is 1. The number of aromatic nitrogens is 1. The Hall–Kier alpha value is -1.41. The van der Waals surface area contributed by atoms with Crippen molar-refractivity contribution in [3.63, 3.8) is 0 Å². The van der Waals surface area contributed by atoms with E-state index in [2.05, 4.69) is 4.90 Å². The largest absolute Gasteiger partial charge is 0.492 e. The van der Waals surface area contributed by atoms with Gasteiger partial charge in [-0.15, -0.1) is 12.4 Å². The topological polar surface area (TPSA) is 54.9 Å². The summed E-state index contributed by atoms with van der Waals surface area (Å²) in [5.74, 6) is 0.918. The first-order chi connectivity index (χ1) is 12.7. The molecule has 0 aliphatic carbocycles. The summed E-state index contributed by atoms with van der Waals surface area (Å²) in [6.07, 6.45) is 1.37. The first-order valence-corrected chi connectivity index (χ1v) is 10.2. The molecule has 3 rings (SSSR count). The molecule has 1 saturated heterocycles. The summed E-state index contributed by atoms with van der Waals surface area (Å²) in [6, 6.07) is 5.94. The first kappa shape index (κ1) is 21.9. The van der Waals surface area contributed by atoms with Crippen LogP contribution in [-0.2, 0) is 9.53 Å². The summed E-state index contributed by atoms with van der Waals surface area (Å²) < 4.78 is 12.1. The number of rotatable bonds is 8. The molecular formula is C19H28ClN3O3S. The van der Waals surface area contributed by atoms with Crippen LogP contribution in [0.5, 0.6) is 5.75 Å². The molecule has 1 aromatic carbocycles. The Morgan fingerprint density at radius 2 is 2.11 bits per heavy atom. The Balaban J connectivity index is 0.00000261. The van der Waals surface area contributed by atoms with Gasteiger partial charge in [0.1, 0.15) is 11.3 Å². The van der Waals surface area contributed by atoms with Crippen LogP contribution in [0, 0.1) is 0 Å². The van der Waals surface area contributed by atoms with Gasteiger partial charge in [-0.1, -0.05) is 24.3 Å². The fraction of sp³-hybridized carbons (Fsp3) is 0.579. The molecule has 0 spiro atoms. The van der Waals surface area contributed by atoms with Gasteiger partial charge in [0, 0.05) is 32.6 Å². The standard InChI is InChI=1S/C19H27N3O3S.ClH/c1-3-6-17(23)22(10-9-21-11-13-24-14-12-21)19-20-18-15(25-4-2)7-5-8-16(18)26-19;/h5,7-8H,3-4,6,9-14H2,1-2H3;1H. The third-order valence-corrected chi connectivity index (χ3v) is 5.45. The molecule has 1 aliphatic rings. The molecule has 0 saturated carbocycles. The number of thiazole rings is 1. The normalized spacial score (nSPS) is 14.7. The van der Waals surface area contributed by atoms with Gasteiger partial charge < -0.3 is 9.47 Å². The van der Waals surface area contributed by atoms with Crippen molar-refractivity contribution < 1.29 is 14.3 Å². The van der Waals surface area contributed by atoms with Gasteiger partial charge in [0.05, 0.1) is 24.5 Å². The van der Waals surface area contributed by atoms with Gasteiger partial charge >= 0.3 is 0 Å². The van der Waals surface area contributed by atoms with Gasteiger partial charge in [-0.05, 0) is 25.5 Å². The Morgan fingerprint density at radius 3 is 2.81 bits per heavy atom. The molecular weight excluding hydrogens is 386 g/mol. The van der Waals surface area contributed by atoms with Crippen molar-refractivity contribution in [1.82, 2.24) is 9.88 Å². The fourth-order valence-corrected chi connectivity index (χ4v) is 4.07. The number of para-hydroxylation sites is 1. The minimum absolute atomic E-state index is 0. The molecule has 1 amide bonds. The molecule has 1 fully saturated rings. The summed E-state index contributed by atoms with van der Waals surface area (Å²) in [6.45, 7) is 9.46. The summed E-state index contributed by atoms with van der Waals surface area (Å²) in [5, 5.41) is 0.763. The van der Waals surface area contributed by atoms with Crippen LogP contribution in [0.3, 0.4) is 0 Å². The summed E-state index contributed by atoms with van der Waals surface area (Å²) in [7, 11) is 0. The lowest BCUT2D eigenvalue weighted by atomic mass is 10.3. The third-order valence-electron chi connectivity index (χ3n) is 4.41. The van der Waals surface area contributed by atoms with Crippen LogP contribution in [0.1, 0.15) is 26.7 Å². The van der Waals surface area contributed by atoms with Crippen LogP contribution in [0.25, 0.3) is 10.2 Å². The van der Waals surface area contributed by atoms with E-state index in [-0.39, 0.29) is 18.3 Å². The minimum atomic E-state index is 0. The second-order valence-electron chi connectivity index (χ2n) is 6.28. The summed E-state index contributed by atoms with van der Waals surface area (Å²) in [5.41, 5.74) is 0.843. The van der Waals surface area contributed by atoms with Crippen LogP contribution in [0.4, 0.5) is 5.13 Å². The molecule has 150 valence electrons. The number of fused-ring (bicyclic) bond motifs is 1. The Morgan fingerprint density at radius 1 is 1.33 bits per heavy atom. The lowest BCUT2D eigenvalue weighted by Gasteiger charge is -2.29. The highest BCUT2D eigenvalue weighted by molar-refractivity contribution is 7.22. The monoisotopic (exact) mass is 413 g/mol. The van der Waals surface area contributed by atoms with Crippen molar-refractivity contribution in [1.29, 1.82) is 0 Å². The number of halogens is 1. The first-order valence-electron chi connectivity index (χ1n) is 9.35. The molecule has 6 nitrogen and oxygen atoms in total. The number of carbonyl (C=O) groups is 1. The quantitative estimate of drug-likeness (QED) is 0.662. The fourth-order valence-electron chi connectivity index (χ4n) is 3.04. The van der Waals surface area contributed by atoms with Gasteiger partial charge in [-0.2, -0.15) is 0 Å². The minimum Gasteiger partial charge on any atom is -0.492 e. The zero-order valence-corrected chi connectivity index (χ0v) is 17.6. The third kappa shape index (κ3) is 5.54. The lowest BCUT2D eigenvalue weighted by molar-refractivity contribution is -0.118. The molecule has 1 aliphatic heterocycles. The lowest BCUT2D eigenvalue weighted by Crippen LogP contribution is -2.43. The highest BCUT2D eigenvalue weighted by atomic mass is 35.5. The molecule has 0 atom stereocenters. The molecule has 0 N–H and O–H groups in total. The van der Waals surface area contributed by atoms with Crippen molar-refractivity contribution >= 4 is 45.0 Å². The number of amides is 1.